The molecule has 0 radical (unpaired) electrons. The molecule has 0 saturated carbocycles. The third-order valence-corrected chi connectivity index (χ3v) is 3.65. The average molecular weight is 269 g/mol. The molecule has 0 unspecified atom stereocenters. The second-order valence-electron chi connectivity index (χ2n) is 4.70. The van der Waals surface area contributed by atoms with E-state index >= 15 is 0 Å². The number of nitrogens with zero attached hydrogens (tertiary/aromatic N) is 1. The summed E-state index contributed by atoms with van der Waals surface area (Å²) in [4.78, 5) is 13.8. The Labute approximate surface area is 114 Å². The molecule has 1 aromatic carbocycles. The highest BCUT2D eigenvalue weighted by Gasteiger charge is 2.23. The highest BCUT2D eigenvalue weighted by atomic mass is 35.5. The van der Waals surface area contributed by atoms with Gasteiger partial charge in [-0.05, 0) is 17.5 Å². The van der Waals surface area contributed by atoms with Crippen molar-refractivity contribution in [1.29, 1.82) is 0 Å². The molecule has 0 bridgehead atoms. The largest absolute Gasteiger partial charge is 0.340 e. The van der Waals surface area contributed by atoms with E-state index in [2.05, 4.69) is 0 Å². The summed E-state index contributed by atoms with van der Waals surface area (Å²) >= 11 is 6.07. The lowest BCUT2D eigenvalue weighted by Crippen LogP contribution is -2.45. The van der Waals surface area contributed by atoms with E-state index in [4.69, 9.17) is 17.3 Å². The van der Waals surface area contributed by atoms with Gasteiger partial charge in [-0.1, -0.05) is 50.1 Å². The van der Waals surface area contributed by atoms with E-state index in [0.717, 1.165) is 12.0 Å². The van der Waals surface area contributed by atoms with Gasteiger partial charge >= 0.3 is 0 Å². The van der Waals surface area contributed by atoms with E-state index in [1.807, 2.05) is 38.1 Å². The van der Waals surface area contributed by atoms with Gasteiger partial charge in [0.1, 0.15) is 0 Å². The van der Waals surface area contributed by atoms with E-state index in [0.29, 0.717) is 11.6 Å². The first-order valence-electron chi connectivity index (χ1n) is 6.21. The predicted octanol–water partition coefficient (Wildman–Crippen LogP) is 2.67. The molecule has 1 rings (SSSR count). The minimum Gasteiger partial charge on any atom is -0.340 e. The van der Waals surface area contributed by atoms with Crippen LogP contribution in [0.15, 0.2) is 24.3 Å². The molecule has 0 aliphatic heterocycles. The van der Waals surface area contributed by atoms with Crippen LogP contribution in [0.3, 0.4) is 0 Å². The zero-order chi connectivity index (χ0) is 13.7. The fourth-order valence-electron chi connectivity index (χ4n) is 1.71. The number of halogens is 1. The Bertz CT molecular complexity index is 409. The summed E-state index contributed by atoms with van der Waals surface area (Å²) in [5.41, 5.74) is 6.88. The zero-order valence-electron chi connectivity index (χ0n) is 11.2. The van der Waals surface area contributed by atoms with Crippen molar-refractivity contribution < 1.29 is 4.79 Å². The number of hydrogen-bond acceptors (Lipinski definition) is 2. The summed E-state index contributed by atoms with van der Waals surface area (Å²) in [5, 5.41) is 0.675. The van der Waals surface area contributed by atoms with Gasteiger partial charge in [-0.3, -0.25) is 4.79 Å². The Kier molecular flexibility index (Phi) is 5.63. The molecule has 2 N–H and O–H groups in total. The van der Waals surface area contributed by atoms with Crippen LogP contribution in [0, 0.1) is 5.92 Å². The Balaban J connectivity index is 2.68. The maximum Gasteiger partial charge on any atom is 0.239 e. The number of likely N-dealkylation sites (N-methyl/N-ethyl adjacent to an activating group) is 1. The van der Waals surface area contributed by atoms with Gasteiger partial charge in [-0.2, -0.15) is 0 Å². The minimum absolute atomic E-state index is 0.0377. The van der Waals surface area contributed by atoms with Crippen molar-refractivity contribution in [2.45, 2.75) is 32.9 Å². The minimum atomic E-state index is -0.442. The van der Waals surface area contributed by atoms with Crippen LogP contribution in [0.25, 0.3) is 0 Å². The Morgan fingerprint density at radius 2 is 2.06 bits per heavy atom. The molecule has 0 fully saturated rings. The van der Waals surface area contributed by atoms with Crippen molar-refractivity contribution in [1.82, 2.24) is 4.90 Å². The van der Waals surface area contributed by atoms with Crippen molar-refractivity contribution >= 4 is 17.5 Å². The molecular formula is C14H21ClN2O. The molecule has 0 aromatic heterocycles. The van der Waals surface area contributed by atoms with Crippen LogP contribution in [-0.2, 0) is 11.3 Å². The number of hydrogen-bond donors (Lipinski definition) is 1. The normalized spacial score (nSPS) is 14.1. The lowest BCUT2D eigenvalue weighted by molar-refractivity contribution is -0.132. The number of rotatable bonds is 5. The van der Waals surface area contributed by atoms with Gasteiger partial charge in [0.25, 0.3) is 0 Å². The van der Waals surface area contributed by atoms with Crippen LogP contribution in [0.4, 0.5) is 0 Å². The van der Waals surface area contributed by atoms with Crippen molar-refractivity contribution in [2.75, 3.05) is 7.05 Å². The Morgan fingerprint density at radius 1 is 1.44 bits per heavy atom. The van der Waals surface area contributed by atoms with Gasteiger partial charge < -0.3 is 10.6 Å². The van der Waals surface area contributed by atoms with Crippen LogP contribution in [-0.4, -0.2) is 23.9 Å². The second-order valence-corrected chi connectivity index (χ2v) is 5.10. The number of carbonyl (C=O) groups is 1. The molecule has 3 nitrogen and oxygen atoms in total. The third-order valence-electron chi connectivity index (χ3n) is 3.28. The molecular weight excluding hydrogens is 248 g/mol. The maximum atomic E-state index is 12.1. The lowest BCUT2D eigenvalue weighted by atomic mass is 9.99. The summed E-state index contributed by atoms with van der Waals surface area (Å²) in [5.74, 6) is 0.149. The summed E-state index contributed by atoms with van der Waals surface area (Å²) in [6, 6.07) is 7.08. The van der Waals surface area contributed by atoms with Gasteiger partial charge in [0.15, 0.2) is 0 Å². The second kappa shape index (κ2) is 6.76. The molecule has 4 heteroatoms. The van der Waals surface area contributed by atoms with Crippen LogP contribution >= 0.6 is 11.6 Å². The maximum absolute atomic E-state index is 12.1. The summed E-state index contributed by atoms with van der Waals surface area (Å²) in [6.07, 6.45) is 0.896. The fourth-order valence-corrected chi connectivity index (χ4v) is 1.91. The van der Waals surface area contributed by atoms with Gasteiger partial charge in [0, 0.05) is 18.6 Å². The molecule has 0 spiro atoms. The number of carbonyl (C=O) groups excluding carboxylic acids is 1. The van der Waals surface area contributed by atoms with Crippen LogP contribution in [0.1, 0.15) is 25.8 Å². The molecule has 0 saturated heterocycles. The predicted molar refractivity (Wildman–Crippen MR) is 75.4 cm³/mol. The first-order chi connectivity index (χ1) is 8.47. The van der Waals surface area contributed by atoms with Crippen molar-refractivity contribution in [3.05, 3.63) is 34.9 Å². The van der Waals surface area contributed by atoms with E-state index < -0.39 is 6.04 Å². The standard InChI is InChI=1S/C14H21ClN2O/c1-4-10(2)13(16)14(18)17(3)9-11-7-5-6-8-12(11)15/h5-8,10,13H,4,9,16H2,1-3H3/t10-,13-/m0/s1. The number of benzene rings is 1. The monoisotopic (exact) mass is 268 g/mol. The zero-order valence-corrected chi connectivity index (χ0v) is 11.9. The number of nitrogens with two attached hydrogens (primary N) is 1. The van der Waals surface area contributed by atoms with Crippen LogP contribution < -0.4 is 5.73 Å². The van der Waals surface area contributed by atoms with Crippen LogP contribution in [0.2, 0.25) is 5.02 Å². The van der Waals surface area contributed by atoms with E-state index in [9.17, 15) is 4.79 Å². The Hall–Kier alpha value is -1.06. The van der Waals surface area contributed by atoms with Gasteiger partial charge in [0.05, 0.1) is 6.04 Å². The van der Waals surface area contributed by atoms with E-state index in [-0.39, 0.29) is 11.8 Å². The summed E-state index contributed by atoms with van der Waals surface area (Å²) in [6.45, 7) is 4.51. The van der Waals surface area contributed by atoms with Crippen LogP contribution in [0.5, 0.6) is 0 Å². The highest BCUT2D eigenvalue weighted by molar-refractivity contribution is 6.31. The molecule has 0 aliphatic rings. The fraction of sp³-hybridized carbons (Fsp3) is 0.500. The third kappa shape index (κ3) is 3.72. The average Bonchev–Trinajstić information content (AvgIpc) is 2.38. The van der Waals surface area contributed by atoms with E-state index in [1.54, 1.807) is 11.9 Å². The van der Waals surface area contributed by atoms with Crippen molar-refractivity contribution in [3.8, 4) is 0 Å². The van der Waals surface area contributed by atoms with Crippen molar-refractivity contribution in [2.24, 2.45) is 11.7 Å². The van der Waals surface area contributed by atoms with Gasteiger partial charge in [-0.15, -0.1) is 0 Å². The SMILES string of the molecule is CC[C@H](C)[C@H](N)C(=O)N(C)Cc1ccccc1Cl. The smallest absolute Gasteiger partial charge is 0.239 e. The molecule has 0 heterocycles. The topological polar surface area (TPSA) is 46.3 Å². The quantitative estimate of drug-likeness (QED) is 0.892. The van der Waals surface area contributed by atoms with E-state index in [1.165, 1.54) is 0 Å². The lowest BCUT2D eigenvalue weighted by Gasteiger charge is -2.25. The van der Waals surface area contributed by atoms with Gasteiger partial charge in [-0.25, -0.2) is 0 Å². The molecule has 100 valence electrons. The summed E-state index contributed by atoms with van der Waals surface area (Å²) < 4.78 is 0. The van der Waals surface area contributed by atoms with Crippen molar-refractivity contribution in [3.63, 3.8) is 0 Å². The Morgan fingerprint density at radius 3 is 2.61 bits per heavy atom. The first-order valence-corrected chi connectivity index (χ1v) is 6.59. The summed E-state index contributed by atoms with van der Waals surface area (Å²) in [7, 11) is 1.76. The first kappa shape index (κ1) is 15.0. The molecule has 1 aromatic rings. The molecule has 0 aliphatic carbocycles. The molecule has 18 heavy (non-hydrogen) atoms. The van der Waals surface area contributed by atoms with Gasteiger partial charge in [0.2, 0.25) is 5.91 Å². The highest BCUT2D eigenvalue weighted by Crippen LogP contribution is 2.17. The number of amides is 1. The molecule has 2 atom stereocenters. The molecule has 1 amide bonds.